The summed E-state index contributed by atoms with van der Waals surface area (Å²) >= 11 is 0. The minimum atomic E-state index is -1.16. The SMILES string of the molecule is COc1cccc(C2/C(=C(\O)c3cc(C(C)(C)C)ccc3OC)C(=O)C(=O)N2c2nc3cc(F)c(F)cc3[nH]2)c1. The monoisotopic (exact) mass is 547 g/mol. The molecule has 10 heteroatoms. The fourth-order valence-electron chi connectivity index (χ4n) is 4.79. The Morgan fingerprint density at radius 3 is 2.40 bits per heavy atom. The molecule has 3 aromatic carbocycles. The van der Waals surface area contributed by atoms with Crippen LogP contribution in [0.1, 0.15) is 43.5 Å². The Morgan fingerprint density at radius 1 is 1.00 bits per heavy atom. The van der Waals surface area contributed by atoms with E-state index in [1.54, 1.807) is 36.4 Å². The lowest BCUT2D eigenvalue weighted by molar-refractivity contribution is -0.132. The summed E-state index contributed by atoms with van der Waals surface area (Å²) in [5.74, 6) is -3.97. The van der Waals surface area contributed by atoms with Crippen LogP contribution in [0.15, 0.2) is 60.2 Å². The lowest BCUT2D eigenvalue weighted by Gasteiger charge is -2.24. The third-order valence-electron chi connectivity index (χ3n) is 6.91. The molecule has 1 amide bonds. The zero-order valence-corrected chi connectivity index (χ0v) is 22.5. The Labute approximate surface area is 228 Å². The molecule has 4 aromatic rings. The van der Waals surface area contributed by atoms with Crippen molar-refractivity contribution in [1.82, 2.24) is 9.97 Å². The number of carbonyl (C=O) groups excluding carboxylic acids is 2. The first kappa shape index (κ1) is 26.9. The van der Waals surface area contributed by atoms with Crippen molar-refractivity contribution in [2.75, 3.05) is 19.1 Å². The highest BCUT2D eigenvalue weighted by Gasteiger charge is 2.48. The molecule has 1 unspecified atom stereocenters. The maximum atomic E-state index is 13.9. The Hall–Kier alpha value is -4.73. The Bertz CT molecular complexity index is 1660. The van der Waals surface area contributed by atoms with Crippen LogP contribution in [0.3, 0.4) is 0 Å². The van der Waals surface area contributed by atoms with Gasteiger partial charge in [0.1, 0.15) is 17.3 Å². The van der Waals surface area contributed by atoms with Crippen LogP contribution in [0, 0.1) is 11.6 Å². The number of hydrogen-bond acceptors (Lipinski definition) is 6. The lowest BCUT2D eigenvalue weighted by atomic mass is 9.85. The summed E-state index contributed by atoms with van der Waals surface area (Å²) in [4.78, 5) is 35.3. The van der Waals surface area contributed by atoms with Crippen molar-refractivity contribution in [3.05, 3.63) is 88.5 Å². The van der Waals surface area contributed by atoms with Crippen LogP contribution in [0.2, 0.25) is 0 Å². The summed E-state index contributed by atoms with van der Waals surface area (Å²) < 4.78 is 38.7. The molecule has 1 atom stereocenters. The van der Waals surface area contributed by atoms with Gasteiger partial charge in [-0.1, -0.05) is 39.0 Å². The predicted octanol–water partition coefficient (Wildman–Crippen LogP) is 5.78. The van der Waals surface area contributed by atoms with Gasteiger partial charge < -0.3 is 19.6 Å². The summed E-state index contributed by atoms with van der Waals surface area (Å²) in [5, 5.41) is 11.7. The van der Waals surface area contributed by atoms with Crippen LogP contribution < -0.4 is 14.4 Å². The van der Waals surface area contributed by atoms with Crippen molar-refractivity contribution >= 4 is 34.4 Å². The summed E-state index contributed by atoms with van der Waals surface area (Å²) in [6.07, 6.45) is 0. The molecule has 1 fully saturated rings. The molecule has 0 saturated carbocycles. The number of aliphatic hydroxyl groups is 1. The molecule has 2 N–H and O–H groups in total. The van der Waals surface area contributed by atoms with Crippen LogP contribution in [-0.2, 0) is 15.0 Å². The van der Waals surface area contributed by atoms with Gasteiger partial charge in [-0.15, -0.1) is 0 Å². The lowest BCUT2D eigenvalue weighted by Crippen LogP contribution is -2.30. The zero-order chi connectivity index (χ0) is 28.9. The zero-order valence-electron chi connectivity index (χ0n) is 22.5. The molecule has 1 aliphatic rings. The summed E-state index contributed by atoms with van der Waals surface area (Å²) in [6, 6.07) is 12.6. The van der Waals surface area contributed by atoms with E-state index in [1.165, 1.54) is 14.2 Å². The van der Waals surface area contributed by atoms with E-state index >= 15 is 0 Å². The van der Waals surface area contributed by atoms with Crippen molar-refractivity contribution in [2.45, 2.75) is 32.2 Å². The Balaban J connectivity index is 1.78. The number of imidazole rings is 1. The fraction of sp³-hybridized carbons (Fsp3) is 0.233. The molecule has 40 heavy (non-hydrogen) atoms. The van der Waals surface area contributed by atoms with Crippen molar-refractivity contribution in [2.24, 2.45) is 0 Å². The molecule has 1 aliphatic heterocycles. The van der Waals surface area contributed by atoms with Gasteiger partial charge in [0.05, 0.1) is 42.4 Å². The first-order chi connectivity index (χ1) is 18.9. The van der Waals surface area contributed by atoms with Crippen LogP contribution in [0.5, 0.6) is 11.5 Å². The highest BCUT2D eigenvalue weighted by atomic mass is 19.2. The minimum absolute atomic E-state index is 0.0553. The molecule has 0 bridgehead atoms. The number of Topliss-reactive ketones (excluding diaryl/α,β-unsaturated/α-hetero) is 1. The summed E-state index contributed by atoms with van der Waals surface area (Å²) in [5.41, 5.74) is 1.21. The van der Waals surface area contributed by atoms with E-state index < -0.39 is 35.1 Å². The number of anilines is 1. The molecular formula is C30H27F2N3O5. The standard InChI is InChI=1S/C30H27F2N3O5/c1-30(2,3)16-9-10-23(40-5)18(12-16)26(36)24-25(15-7-6-8-17(11-15)39-4)35(28(38)27(24)37)29-33-21-13-19(31)20(32)14-22(21)34-29/h6-14,25,36H,1-5H3,(H,33,34)/b26-24+. The van der Waals surface area contributed by atoms with Gasteiger partial charge in [0.25, 0.3) is 5.78 Å². The number of nitrogens with zero attached hydrogens (tertiary/aromatic N) is 2. The molecule has 0 spiro atoms. The highest BCUT2D eigenvalue weighted by molar-refractivity contribution is 6.51. The van der Waals surface area contributed by atoms with E-state index in [2.05, 4.69) is 9.97 Å². The number of ether oxygens (including phenoxy) is 2. The first-order valence-electron chi connectivity index (χ1n) is 12.4. The van der Waals surface area contributed by atoms with Gasteiger partial charge >= 0.3 is 5.91 Å². The van der Waals surface area contributed by atoms with Gasteiger partial charge in [0, 0.05) is 12.1 Å². The van der Waals surface area contributed by atoms with Crippen LogP contribution in [-0.4, -0.2) is 41.0 Å². The fourth-order valence-corrected chi connectivity index (χ4v) is 4.79. The molecular weight excluding hydrogens is 520 g/mol. The first-order valence-corrected chi connectivity index (χ1v) is 12.4. The normalized spacial score (nSPS) is 17.1. The van der Waals surface area contributed by atoms with Gasteiger partial charge in [-0.25, -0.2) is 13.8 Å². The molecule has 5 rings (SSSR count). The molecule has 0 aliphatic carbocycles. The Morgan fingerprint density at radius 2 is 1.73 bits per heavy atom. The van der Waals surface area contributed by atoms with E-state index in [1.807, 2.05) is 26.8 Å². The highest BCUT2D eigenvalue weighted by Crippen LogP contribution is 2.44. The number of amides is 1. The number of hydrogen-bond donors (Lipinski definition) is 2. The summed E-state index contributed by atoms with van der Waals surface area (Å²) in [7, 11) is 2.91. The maximum Gasteiger partial charge on any atom is 0.302 e. The van der Waals surface area contributed by atoms with Gasteiger partial charge in [-0.2, -0.15) is 0 Å². The quantitative estimate of drug-likeness (QED) is 0.186. The smallest absolute Gasteiger partial charge is 0.302 e. The number of methoxy groups -OCH3 is 2. The van der Waals surface area contributed by atoms with E-state index in [0.29, 0.717) is 17.1 Å². The number of H-pyrrole nitrogens is 1. The molecule has 2 heterocycles. The second-order valence-corrected chi connectivity index (χ2v) is 10.5. The largest absolute Gasteiger partial charge is 0.507 e. The van der Waals surface area contributed by atoms with Crippen molar-refractivity contribution in [3.63, 3.8) is 0 Å². The minimum Gasteiger partial charge on any atom is -0.507 e. The number of fused-ring (bicyclic) bond motifs is 1. The third-order valence-corrected chi connectivity index (χ3v) is 6.91. The molecule has 1 saturated heterocycles. The number of ketones is 1. The van der Waals surface area contributed by atoms with Crippen LogP contribution >= 0.6 is 0 Å². The number of nitrogens with one attached hydrogen (secondary N) is 1. The topological polar surface area (TPSA) is 105 Å². The van der Waals surface area contributed by atoms with Gasteiger partial charge in [0.2, 0.25) is 5.95 Å². The van der Waals surface area contributed by atoms with Crippen molar-refractivity contribution < 1.29 is 33.0 Å². The molecule has 0 radical (unpaired) electrons. The van der Waals surface area contributed by atoms with E-state index in [-0.39, 0.29) is 33.5 Å². The molecule has 206 valence electrons. The number of rotatable bonds is 5. The molecule has 1 aromatic heterocycles. The number of benzene rings is 3. The van der Waals surface area contributed by atoms with Crippen LogP contribution in [0.25, 0.3) is 16.8 Å². The van der Waals surface area contributed by atoms with Crippen LogP contribution in [0.4, 0.5) is 14.7 Å². The van der Waals surface area contributed by atoms with Gasteiger partial charge in [-0.3, -0.25) is 14.5 Å². The average molecular weight is 548 g/mol. The predicted molar refractivity (Wildman–Crippen MR) is 145 cm³/mol. The number of carbonyl (C=O) groups is 2. The number of halogens is 2. The second kappa shape index (κ2) is 9.78. The van der Waals surface area contributed by atoms with E-state index in [0.717, 1.165) is 22.6 Å². The Kier molecular flexibility index (Phi) is 6.57. The number of aliphatic hydroxyl groups excluding tert-OH is 1. The van der Waals surface area contributed by atoms with Gasteiger partial charge in [0.15, 0.2) is 11.6 Å². The molecule has 8 nitrogen and oxygen atoms in total. The average Bonchev–Trinajstić information content (AvgIpc) is 3.44. The van der Waals surface area contributed by atoms with E-state index in [9.17, 15) is 23.5 Å². The number of aromatic nitrogens is 2. The van der Waals surface area contributed by atoms with Gasteiger partial charge in [-0.05, 0) is 40.8 Å². The van der Waals surface area contributed by atoms with Crippen molar-refractivity contribution in [3.8, 4) is 11.5 Å². The van der Waals surface area contributed by atoms with Crippen molar-refractivity contribution in [1.29, 1.82) is 0 Å². The summed E-state index contributed by atoms with van der Waals surface area (Å²) in [6.45, 7) is 6.00. The third kappa shape index (κ3) is 4.45. The van der Waals surface area contributed by atoms with E-state index in [4.69, 9.17) is 9.47 Å². The maximum absolute atomic E-state index is 13.9. The second-order valence-electron chi connectivity index (χ2n) is 10.5. The number of aromatic amines is 1.